The van der Waals surface area contributed by atoms with Crippen LogP contribution in [0.3, 0.4) is 0 Å². The monoisotopic (exact) mass is 320 g/mol. The zero-order chi connectivity index (χ0) is 16.7. The molecule has 0 aliphatic carbocycles. The smallest absolute Gasteiger partial charge is 0.274 e. The van der Waals surface area contributed by atoms with Gasteiger partial charge in [0.2, 0.25) is 5.91 Å². The van der Waals surface area contributed by atoms with Crippen LogP contribution in [0.25, 0.3) is 0 Å². The van der Waals surface area contributed by atoms with Crippen LogP contribution in [0.5, 0.6) is 0 Å². The second kappa shape index (κ2) is 8.57. The first-order valence-electron chi connectivity index (χ1n) is 7.96. The molecule has 7 heteroatoms. The lowest BCUT2D eigenvalue weighted by atomic mass is 9.97. The van der Waals surface area contributed by atoms with E-state index in [1.54, 1.807) is 18.2 Å². The van der Waals surface area contributed by atoms with Crippen LogP contribution in [-0.2, 0) is 9.53 Å². The molecule has 126 valence electrons. The number of hydrogen-bond donors (Lipinski definition) is 1. The van der Waals surface area contributed by atoms with Gasteiger partial charge in [-0.1, -0.05) is 0 Å². The Balaban J connectivity index is 1.88. The number of piperidine rings is 1. The molecular weight excluding hydrogens is 296 g/mol. The van der Waals surface area contributed by atoms with Crippen molar-refractivity contribution in [2.75, 3.05) is 33.4 Å². The van der Waals surface area contributed by atoms with E-state index in [2.05, 4.69) is 15.3 Å². The maximum atomic E-state index is 12.5. The molecule has 2 rings (SSSR count). The summed E-state index contributed by atoms with van der Waals surface area (Å²) in [6, 6.07) is 0. The molecule has 23 heavy (non-hydrogen) atoms. The zero-order valence-electron chi connectivity index (χ0n) is 13.7. The molecular formula is C16H24N4O3. The SMILES string of the molecule is COCCCNC(=O)C1CCCN(C(=O)c2cnc(C)cn2)C1. The maximum Gasteiger partial charge on any atom is 0.274 e. The normalized spacial score (nSPS) is 17.8. The Morgan fingerprint density at radius 1 is 1.39 bits per heavy atom. The van der Waals surface area contributed by atoms with Crippen LogP contribution >= 0.6 is 0 Å². The second-order valence-electron chi connectivity index (χ2n) is 5.77. The van der Waals surface area contributed by atoms with Crippen molar-refractivity contribution in [3.63, 3.8) is 0 Å². The minimum Gasteiger partial charge on any atom is -0.385 e. The van der Waals surface area contributed by atoms with Crippen molar-refractivity contribution >= 4 is 11.8 Å². The van der Waals surface area contributed by atoms with Gasteiger partial charge in [0.15, 0.2) is 0 Å². The first-order valence-corrected chi connectivity index (χ1v) is 7.96. The Morgan fingerprint density at radius 2 is 2.22 bits per heavy atom. The Hall–Kier alpha value is -2.02. The Bertz CT molecular complexity index is 533. The molecule has 0 aromatic carbocycles. The van der Waals surface area contributed by atoms with Crippen LogP contribution in [0.1, 0.15) is 35.4 Å². The highest BCUT2D eigenvalue weighted by Crippen LogP contribution is 2.18. The molecule has 1 aromatic heterocycles. The predicted molar refractivity (Wildman–Crippen MR) is 84.9 cm³/mol. The van der Waals surface area contributed by atoms with Gasteiger partial charge in [-0.05, 0) is 26.2 Å². The fraction of sp³-hybridized carbons (Fsp3) is 0.625. The third-order valence-corrected chi connectivity index (χ3v) is 3.90. The molecule has 1 saturated heterocycles. The fourth-order valence-corrected chi connectivity index (χ4v) is 2.61. The molecule has 0 spiro atoms. The van der Waals surface area contributed by atoms with Gasteiger partial charge in [0.25, 0.3) is 5.91 Å². The predicted octanol–water partition coefficient (Wildman–Crippen LogP) is 0.790. The zero-order valence-corrected chi connectivity index (χ0v) is 13.7. The number of aromatic nitrogens is 2. The summed E-state index contributed by atoms with van der Waals surface area (Å²) in [6.07, 6.45) is 5.49. The lowest BCUT2D eigenvalue weighted by Gasteiger charge is -2.31. The Morgan fingerprint density at radius 3 is 2.91 bits per heavy atom. The summed E-state index contributed by atoms with van der Waals surface area (Å²) in [5.41, 5.74) is 1.10. The summed E-state index contributed by atoms with van der Waals surface area (Å²) in [6.45, 7) is 4.14. The first kappa shape index (κ1) is 17.3. The van der Waals surface area contributed by atoms with Crippen molar-refractivity contribution in [3.05, 3.63) is 23.8 Å². The second-order valence-corrected chi connectivity index (χ2v) is 5.77. The van der Waals surface area contributed by atoms with Gasteiger partial charge >= 0.3 is 0 Å². The van der Waals surface area contributed by atoms with E-state index in [0.29, 0.717) is 31.9 Å². The van der Waals surface area contributed by atoms with E-state index in [9.17, 15) is 9.59 Å². The van der Waals surface area contributed by atoms with Gasteiger partial charge in [0.1, 0.15) is 5.69 Å². The molecule has 1 N–H and O–H groups in total. The quantitative estimate of drug-likeness (QED) is 0.783. The summed E-state index contributed by atoms with van der Waals surface area (Å²) in [4.78, 5) is 34.6. The topological polar surface area (TPSA) is 84.4 Å². The fourth-order valence-electron chi connectivity index (χ4n) is 2.61. The van der Waals surface area contributed by atoms with E-state index >= 15 is 0 Å². The number of carbonyl (C=O) groups excluding carboxylic acids is 2. The number of likely N-dealkylation sites (tertiary alicyclic amines) is 1. The number of hydrogen-bond acceptors (Lipinski definition) is 5. The summed E-state index contributed by atoms with van der Waals surface area (Å²) in [5, 5.41) is 2.91. The highest BCUT2D eigenvalue weighted by Gasteiger charge is 2.29. The maximum absolute atomic E-state index is 12.5. The standard InChI is InChI=1S/C16H24N4O3/c1-12-9-19-14(10-18-12)16(22)20-7-3-5-13(11-20)15(21)17-6-4-8-23-2/h9-10,13H,3-8,11H2,1-2H3,(H,17,21). The molecule has 0 radical (unpaired) electrons. The van der Waals surface area contributed by atoms with Crippen LogP contribution < -0.4 is 5.32 Å². The molecule has 1 atom stereocenters. The van der Waals surface area contributed by atoms with Crippen LogP contribution in [0.15, 0.2) is 12.4 Å². The summed E-state index contributed by atoms with van der Waals surface area (Å²) >= 11 is 0. The van der Waals surface area contributed by atoms with E-state index in [1.165, 1.54) is 6.20 Å². The van der Waals surface area contributed by atoms with E-state index in [-0.39, 0.29) is 17.7 Å². The van der Waals surface area contributed by atoms with Gasteiger partial charge in [-0.3, -0.25) is 14.6 Å². The van der Waals surface area contributed by atoms with Crippen molar-refractivity contribution in [1.29, 1.82) is 0 Å². The molecule has 1 unspecified atom stereocenters. The van der Waals surface area contributed by atoms with Gasteiger partial charge in [0.05, 0.1) is 17.8 Å². The van der Waals surface area contributed by atoms with Crippen LogP contribution in [0, 0.1) is 12.8 Å². The van der Waals surface area contributed by atoms with Crippen LogP contribution in [0.4, 0.5) is 0 Å². The first-order chi connectivity index (χ1) is 11.1. The molecule has 0 bridgehead atoms. The van der Waals surface area contributed by atoms with Gasteiger partial charge in [0, 0.05) is 39.5 Å². The molecule has 1 aromatic rings. The summed E-state index contributed by atoms with van der Waals surface area (Å²) < 4.78 is 4.96. The number of methoxy groups -OCH3 is 1. The molecule has 2 heterocycles. The Kier molecular flexibility index (Phi) is 6.46. The number of carbonyl (C=O) groups is 2. The minimum absolute atomic E-state index is 0.00796. The van der Waals surface area contributed by atoms with E-state index < -0.39 is 0 Å². The van der Waals surface area contributed by atoms with Crippen molar-refractivity contribution < 1.29 is 14.3 Å². The summed E-state index contributed by atoms with van der Waals surface area (Å²) in [5.74, 6) is -0.309. The molecule has 1 aliphatic rings. The van der Waals surface area contributed by atoms with Crippen molar-refractivity contribution in [2.24, 2.45) is 5.92 Å². The van der Waals surface area contributed by atoms with Crippen molar-refractivity contribution in [1.82, 2.24) is 20.2 Å². The Labute approximate surface area is 136 Å². The largest absolute Gasteiger partial charge is 0.385 e. The van der Waals surface area contributed by atoms with E-state index in [1.807, 2.05) is 6.92 Å². The average Bonchev–Trinajstić information content (AvgIpc) is 2.59. The molecule has 1 fully saturated rings. The number of ether oxygens (including phenoxy) is 1. The molecule has 1 aliphatic heterocycles. The van der Waals surface area contributed by atoms with E-state index in [0.717, 1.165) is 25.0 Å². The number of amides is 2. The number of nitrogens with zero attached hydrogens (tertiary/aromatic N) is 3. The van der Waals surface area contributed by atoms with Gasteiger partial charge in [-0.2, -0.15) is 0 Å². The van der Waals surface area contributed by atoms with Crippen molar-refractivity contribution in [3.8, 4) is 0 Å². The highest BCUT2D eigenvalue weighted by atomic mass is 16.5. The third kappa shape index (κ3) is 4.99. The lowest BCUT2D eigenvalue weighted by molar-refractivity contribution is -0.126. The summed E-state index contributed by atoms with van der Waals surface area (Å²) in [7, 11) is 1.64. The number of nitrogens with one attached hydrogen (secondary N) is 1. The number of rotatable bonds is 6. The highest BCUT2D eigenvalue weighted by molar-refractivity contribution is 5.92. The van der Waals surface area contributed by atoms with Gasteiger partial charge in [-0.25, -0.2) is 4.98 Å². The van der Waals surface area contributed by atoms with Gasteiger partial charge in [-0.15, -0.1) is 0 Å². The lowest BCUT2D eigenvalue weighted by Crippen LogP contribution is -2.45. The van der Waals surface area contributed by atoms with Gasteiger partial charge < -0.3 is 15.0 Å². The minimum atomic E-state index is -0.159. The average molecular weight is 320 g/mol. The van der Waals surface area contributed by atoms with Crippen molar-refractivity contribution in [2.45, 2.75) is 26.2 Å². The van der Waals surface area contributed by atoms with Crippen LogP contribution in [-0.4, -0.2) is 60.0 Å². The third-order valence-electron chi connectivity index (χ3n) is 3.90. The molecule has 2 amide bonds. The number of aryl methyl sites for hydroxylation is 1. The molecule has 0 saturated carbocycles. The van der Waals surface area contributed by atoms with Crippen LogP contribution in [0.2, 0.25) is 0 Å². The molecule has 7 nitrogen and oxygen atoms in total. The van der Waals surface area contributed by atoms with E-state index in [4.69, 9.17) is 4.74 Å².